The number of fused-ring (bicyclic) bond motifs is 1. The Morgan fingerprint density at radius 1 is 1.09 bits per heavy atom. The fraction of sp³-hybridized carbons (Fsp3) is 0.448. The van der Waals surface area contributed by atoms with E-state index in [0.29, 0.717) is 12.1 Å². The van der Waals surface area contributed by atoms with E-state index in [0.717, 1.165) is 55.8 Å². The fourth-order valence-corrected chi connectivity index (χ4v) is 5.12. The van der Waals surface area contributed by atoms with Crippen LogP contribution in [0.4, 0.5) is 0 Å². The van der Waals surface area contributed by atoms with E-state index in [1.54, 1.807) is 11.0 Å². The minimum absolute atomic E-state index is 0.0795. The Labute approximate surface area is 208 Å². The summed E-state index contributed by atoms with van der Waals surface area (Å²) >= 11 is 0. The molecule has 35 heavy (non-hydrogen) atoms. The number of ether oxygens (including phenoxy) is 1. The van der Waals surface area contributed by atoms with Gasteiger partial charge in [-0.2, -0.15) is 0 Å². The first-order chi connectivity index (χ1) is 16.9. The lowest BCUT2D eigenvalue weighted by molar-refractivity contribution is -0.140. The lowest BCUT2D eigenvalue weighted by atomic mass is 9.93. The van der Waals surface area contributed by atoms with Crippen LogP contribution in [0.25, 0.3) is 5.76 Å². The molecule has 2 aromatic carbocycles. The van der Waals surface area contributed by atoms with E-state index in [1.165, 1.54) is 5.56 Å². The SMILES string of the molecule is CCc1ccc([C@H]2/C(=C(\O)c3ccc4c(c3)C[C@H](C)O4)C(=O)C(=O)N2CCCN(CC)CC)cc1. The molecule has 4 rings (SSSR count). The Morgan fingerprint density at radius 2 is 1.80 bits per heavy atom. The topological polar surface area (TPSA) is 70.1 Å². The first-order valence-corrected chi connectivity index (χ1v) is 12.8. The van der Waals surface area contributed by atoms with Crippen molar-refractivity contribution < 1.29 is 19.4 Å². The number of nitrogens with zero attached hydrogens (tertiary/aromatic N) is 2. The molecule has 0 aliphatic carbocycles. The van der Waals surface area contributed by atoms with Crippen LogP contribution >= 0.6 is 0 Å². The Hall–Kier alpha value is -3.12. The molecule has 2 aliphatic heterocycles. The Kier molecular flexibility index (Phi) is 7.60. The van der Waals surface area contributed by atoms with Gasteiger partial charge >= 0.3 is 0 Å². The number of carbonyl (C=O) groups is 2. The molecule has 0 spiro atoms. The molecule has 0 aromatic heterocycles. The van der Waals surface area contributed by atoms with Crippen molar-refractivity contribution in [1.29, 1.82) is 0 Å². The van der Waals surface area contributed by atoms with Gasteiger partial charge in [-0.15, -0.1) is 0 Å². The minimum Gasteiger partial charge on any atom is -0.507 e. The average Bonchev–Trinajstić information content (AvgIpc) is 3.37. The van der Waals surface area contributed by atoms with Crippen LogP contribution in [0.15, 0.2) is 48.0 Å². The first kappa shape index (κ1) is 25.0. The molecule has 2 aliphatic rings. The zero-order chi connectivity index (χ0) is 25.1. The number of aliphatic hydroxyl groups is 1. The molecule has 1 amide bonds. The number of Topliss-reactive ketones (excluding diaryl/α,β-unsaturated/α-hetero) is 1. The summed E-state index contributed by atoms with van der Waals surface area (Å²) in [5.74, 6) is -0.493. The Bertz CT molecular complexity index is 1120. The van der Waals surface area contributed by atoms with Crippen molar-refractivity contribution in [1.82, 2.24) is 9.80 Å². The number of aryl methyl sites for hydroxylation is 1. The second kappa shape index (κ2) is 10.6. The summed E-state index contributed by atoms with van der Waals surface area (Å²) in [6, 6.07) is 12.9. The highest BCUT2D eigenvalue weighted by Gasteiger charge is 2.45. The van der Waals surface area contributed by atoms with E-state index in [1.807, 2.05) is 43.3 Å². The summed E-state index contributed by atoms with van der Waals surface area (Å²) in [4.78, 5) is 30.4. The highest BCUT2D eigenvalue weighted by Crippen LogP contribution is 2.40. The van der Waals surface area contributed by atoms with Crippen molar-refractivity contribution in [3.63, 3.8) is 0 Å². The van der Waals surface area contributed by atoms with Gasteiger partial charge in [-0.1, -0.05) is 45.0 Å². The third kappa shape index (κ3) is 4.98. The van der Waals surface area contributed by atoms with Crippen LogP contribution in [0, 0.1) is 0 Å². The monoisotopic (exact) mass is 476 g/mol. The molecule has 186 valence electrons. The lowest BCUT2D eigenvalue weighted by Gasteiger charge is -2.27. The standard InChI is InChI=1S/C29H36N2O4/c1-5-20-9-11-21(12-10-20)26-25(27(32)22-13-14-24-23(18-22)17-19(4)35-24)28(33)29(34)31(26)16-8-15-30(6-2)7-3/h9-14,18-19,26,32H,5-8,15-17H2,1-4H3/b27-25+/t19-,26-/m0/s1. The summed E-state index contributed by atoms with van der Waals surface area (Å²) in [6.45, 7) is 11.5. The number of hydrogen-bond donors (Lipinski definition) is 1. The van der Waals surface area contributed by atoms with E-state index in [2.05, 4.69) is 25.7 Å². The molecule has 1 N–H and O–H groups in total. The molecule has 0 unspecified atom stereocenters. The van der Waals surface area contributed by atoms with Crippen LogP contribution in [-0.2, 0) is 22.4 Å². The fourth-order valence-electron chi connectivity index (χ4n) is 5.12. The zero-order valence-electron chi connectivity index (χ0n) is 21.2. The van der Waals surface area contributed by atoms with Crippen molar-refractivity contribution in [2.24, 2.45) is 0 Å². The number of hydrogen-bond acceptors (Lipinski definition) is 5. The van der Waals surface area contributed by atoms with Crippen LogP contribution in [-0.4, -0.2) is 58.9 Å². The summed E-state index contributed by atoms with van der Waals surface area (Å²) in [5.41, 5.74) is 3.72. The van der Waals surface area contributed by atoms with Crippen LogP contribution in [0.2, 0.25) is 0 Å². The molecule has 0 radical (unpaired) electrons. The molecule has 2 heterocycles. The van der Waals surface area contributed by atoms with Crippen molar-refractivity contribution in [2.75, 3.05) is 26.2 Å². The summed E-state index contributed by atoms with van der Waals surface area (Å²) in [5, 5.41) is 11.4. The molecular formula is C29H36N2O4. The van der Waals surface area contributed by atoms with Crippen molar-refractivity contribution >= 4 is 17.4 Å². The third-order valence-corrected chi connectivity index (χ3v) is 7.18. The predicted octanol–water partition coefficient (Wildman–Crippen LogP) is 4.73. The number of likely N-dealkylation sites (tertiary alicyclic amines) is 1. The number of benzene rings is 2. The molecule has 6 heteroatoms. The molecule has 0 bridgehead atoms. The zero-order valence-corrected chi connectivity index (χ0v) is 21.2. The maximum Gasteiger partial charge on any atom is 0.295 e. The smallest absolute Gasteiger partial charge is 0.295 e. The van der Waals surface area contributed by atoms with E-state index in [-0.39, 0.29) is 17.4 Å². The highest BCUT2D eigenvalue weighted by molar-refractivity contribution is 6.46. The number of aliphatic hydroxyl groups excluding tert-OH is 1. The van der Waals surface area contributed by atoms with Crippen LogP contribution in [0.1, 0.15) is 62.4 Å². The highest BCUT2D eigenvalue weighted by atomic mass is 16.5. The molecular weight excluding hydrogens is 440 g/mol. The molecule has 0 saturated carbocycles. The van der Waals surface area contributed by atoms with Crippen molar-refractivity contribution in [2.45, 2.75) is 59.1 Å². The first-order valence-electron chi connectivity index (χ1n) is 12.8. The van der Waals surface area contributed by atoms with Crippen molar-refractivity contribution in [3.8, 4) is 5.75 Å². The third-order valence-electron chi connectivity index (χ3n) is 7.18. The van der Waals surface area contributed by atoms with Gasteiger partial charge in [0.15, 0.2) is 0 Å². The van der Waals surface area contributed by atoms with Gasteiger partial charge in [-0.05, 0) is 74.3 Å². The summed E-state index contributed by atoms with van der Waals surface area (Å²) in [7, 11) is 0. The lowest BCUT2D eigenvalue weighted by Crippen LogP contribution is -2.33. The second-order valence-electron chi connectivity index (χ2n) is 9.42. The predicted molar refractivity (Wildman–Crippen MR) is 137 cm³/mol. The molecule has 2 atom stereocenters. The van der Waals surface area contributed by atoms with Gasteiger partial charge in [0.1, 0.15) is 17.6 Å². The van der Waals surface area contributed by atoms with E-state index >= 15 is 0 Å². The average molecular weight is 477 g/mol. The Balaban J connectivity index is 1.73. The minimum atomic E-state index is -0.625. The van der Waals surface area contributed by atoms with Crippen molar-refractivity contribution in [3.05, 3.63) is 70.3 Å². The van der Waals surface area contributed by atoms with Crippen LogP contribution in [0.5, 0.6) is 5.75 Å². The van der Waals surface area contributed by atoms with Gasteiger partial charge in [-0.3, -0.25) is 9.59 Å². The molecule has 1 saturated heterocycles. The maximum atomic E-state index is 13.3. The van der Waals surface area contributed by atoms with Crippen LogP contribution in [0.3, 0.4) is 0 Å². The number of amides is 1. The normalized spacial score (nSPS) is 21.0. The molecule has 2 aromatic rings. The van der Waals surface area contributed by atoms with Gasteiger partial charge in [0, 0.05) is 18.5 Å². The van der Waals surface area contributed by atoms with E-state index < -0.39 is 17.7 Å². The molecule has 6 nitrogen and oxygen atoms in total. The number of ketones is 1. The van der Waals surface area contributed by atoms with Gasteiger partial charge in [0.05, 0.1) is 11.6 Å². The maximum absolute atomic E-state index is 13.3. The van der Waals surface area contributed by atoms with E-state index in [4.69, 9.17) is 4.74 Å². The number of carbonyl (C=O) groups excluding carboxylic acids is 2. The second-order valence-corrected chi connectivity index (χ2v) is 9.42. The van der Waals surface area contributed by atoms with Gasteiger partial charge < -0.3 is 19.6 Å². The Morgan fingerprint density at radius 3 is 2.46 bits per heavy atom. The van der Waals surface area contributed by atoms with E-state index in [9.17, 15) is 14.7 Å². The van der Waals surface area contributed by atoms with Crippen LogP contribution < -0.4 is 4.74 Å². The van der Waals surface area contributed by atoms with Gasteiger partial charge in [-0.25, -0.2) is 0 Å². The summed E-state index contributed by atoms with van der Waals surface area (Å²) < 4.78 is 5.79. The number of rotatable bonds is 9. The largest absolute Gasteiger partial charge is 0.507 e. The quantitative estimate of drug-likeness (QED) is 0.322. The van der Waals surface area contributed by atoms with Gasteiger partial charge in [0.25, 0.3) is 11.7 Å². The summed E-state index contributed by atoms with van der Waals surface area (Å²) in [6.07, 6.45) is 2.49. The van der Waals surface area contributed by atoms with Gasteiger partial charge in [0.2, 0.25) is 0 Å². The molecule has 1 fully saturated rings.